The molecule has 0 fully saturated rings. The van der Waals surface area contributed by atoms with Crippen LogP contribution in [0.5, 0.6) is 0 Å². The molecule has 0 saturated carbocycles. The third kappa shape index (κ3) is 2.97. The van der Waals surface area contributed by atoms with E-state index in [2.05, 4.69) is 22.8 Å². The summed E-state index contributed by atoms with van der Waals surface area (Å²) in [6.45, 7) is 3.86. The van der Waals surface area contributed by atoms with Crippen LogP contribution in [0.1, 0.15) is 33.1 Å². The molecule has 0 unspecified atom stereocenters. The Hall–Kier alpha value is -1.78. The Morgan fingerprint density at radius 2 is 2.26 bits per heavy atom. The summed E-state index contributed by atoms with van der Waals surface area (Å²) in [6.07, 6.45) is 7.08. The van der Waals surface area contributed by atoms with Crippen LogP contribution in [0.3, 0.4) is 0 Å². The number of urea groups is 1. The highest BCUT2D eigenvalue weighted by Gasteiger charge is 2.35. The van der Waals surface area contributed by atoms with E-state index in [1.165, 1.54) is 0 Å². The zero-order valence-corrected chi connectivity index (χ0v) is 11.4. The van der Waals surface area contributed by atoms with E-state index in [0.717, 1.165) is 19.3 Å². The number of allylic oxidation sites excluding steroid dienone is 3. The second-order valence-electron chi connectivity index (χ2n) is 4.88. The first-order chi connectivity index (χ1) is 9.13. The maximum absolute atomic E-state index is 12.1. The summed E-state index contributed by atoms with van der Waals surface area (Å²) in [5.41, 5.74) is 1.16. The van der Waals surface area contributed by atoms with Crippen LogP contribution in [0.4, 0.5) is 4.79 Å². The summed E-state index contributed by atoms with van der Waals surface area (Å²) in [5.74, 6) is -0.0857. The molecule has 19 heavy (non-hydrogen) atoms. The van der Waals surface area contributed by atoms with Gasteiger partial charge in [-0.1, -0.05) is 12.2 Å². The lowest BCUT2D eigenvalue weighted by molar-refractivity contribution is -0.139. The molecule has 104 valence electrons. The first kappa shape index (κ1) is 13.6. The molecule has 0 aromatic carbocycles. The van der Waals surface area contributed by atoms with E-state index in [0.29, 0.717) is 17.9 Å². The lowest BCUT2D eigenvalue weighted by atomic mass is 9.82. The van der Waals surface area contributed by atoms with Gasteiger partial charge in [-0.3, -0.25) is 0 Å². The van der Waals surface area contributed by atoms with Crippen LogP contribution < -0.4 is 10.6 Å². The number of rotatable bonds is 3. The molecule has 1 aliphatic heterocycles. The predicted octanol–water partition coefficient (Wildman–Crippen LogP) is 1.86. The SMILES string of the molecule is CCOC(=O)C1=C(C)NC(=O)N[C@@H]1[C@@H]1CC=CCC1. The zero-order valence-electron chi connectivity index (χ0n) is 11.4. The fourth-order valence-electron chi connectivity index (χ4n) is 2.68. The molecule has 0 bridgehead atoms. The molecule has 0 saturated heterocycles. The van der Waals surface area contributed by atoms with Gasteiger partial charge in [0.05, 0.1) is 18.2 Å². The maximum atomic E-state index is 12.1. The number of nitrogens with one attached hydrogen (secondary N) is 2. The van der Waals surface area contributed by atoms with E-state index in [4.69, 9.17) is 4.74 Å². The van der Waals surface area contributed by atoms with Crippen molar-refractivity contribution in [3.05, 3.63) is 23.4 Å². The van der Waals surface area contributed by atoms with Gasteiger partial charge in [0, 0.05) is 5.70 Å². The van der Waals surface area contributed by atoms with E-state index in [1.807, 2.05) is 0 Å². The Kier molecular flexibility index (Phi) is 4.24. The van der Waals surface area contributed by atoms with E-state index >= 15 is 0 Å². The highest BCUT2D eigenvalue weighted by Crippen LogP contribution is 2.28. The summed E-state index contributed by atoms with van der Waals surface area (Å²) in [5, 5.41) is 5.51. The van der Waals surface area contributed by atoms with Crippen LogP contribution in [0.2, 0.25) is 0 Å². The molecule has 1 aliphatic carbocycles. The van der Waals surface area contributed by atoms with Crippen molar-refractivity contribution in [1.29, 1.82) is 0 Å². The van der Waals surface area contributed by atoms with Crippen LogP contribution in [-0.2, 0) is 9.53 Å². The summed E-state index contributed by atoms with van der Waals surface area (Å²) in [4.78, 5) is 23.7. The van der Waals surface area contributed by atoms with Gasteiger partial charge in [-0.15, -0.1) is 0 Å². The smallest absolute Gasteiger partial charge is 0.337 e. The number of hydrogen-bond acceptors (Lipinski definition) is 3. The Bertz CT molecular complexity index is 440. The molecule has 2 amide bonds. The molecule has 1 heterocycles. The lowest BCUT2D eigenvalue weighted by Gasteiger charge is -2.34. The van der Waals surface area contributed by atoms with Crippen LogP contribution in [0.15, 0.2) is 23.4 Å². The third-order valence-corrected chi connectivity index (χ3v) is 3.58. The quantitative estimate of drug-likeness (QED) is 0.604. The summed E-state index contributed by atoms with van der Waals surface area (Å²) < 4.78 is 5.10. The first-order valence-corrected chi connectivity index (χ1v) is 6.74. The number of amides is 2. The molecule has 5 nitrogen and oxygen atoms in total. The van der Waals surface area contributed by atoms with Gasteiger partial charge in [-0.2, -0.15) is 0 Å². The van der Waals surface area contributed by atoms with Crippen molar-refractivity contribution in [3.8, 4) is 0 Å². The first-order valence-electron chi connectivity index (χ1n) is 6.74. The number of esters is 1. The Labute approximate surface area is 113 Å². The van der Waals surface area contributed by atoms with Crippen molar-refractivity contribution in [3.63, 3.8) is 0 Å². The van der Waals surface area contributed by atoms with Crippen molar-refractivity contribution in [2.75, 3.05) is 6.61 Å². The van der Waals surface area contributed by atoms with Crippen molar-refractivity contribution < 1.29 is 14.3 Å². The number of carbonyl (C=O) groups excluding carboxylic acids is 2. The fourth-order valence-corrected chi connectivity index (χ4v) is 2.68. The van der Waals surface area contributed by atoms with E-state index < -0.39 is 0 Å². The third-order valence-electron chi connectivity index (χ3n) is 3.58. The molecular weight excluding hydrogens is 244 g/mol. The topological polar surface area (TPSA) is 67.4 Å². The van der Waals surface area contributed by atoms with Crippen LogP contribution in [0.25, 0.3) is 0 Å². The van der Waals surface area contributed by atoms with Crippen molar-refractivity contribution >= 4 is 12.0 Å². The van der Waals surface area contributed by atoms with Gasteiger partial charge in [0.25, 0.3) is 0 Å². The average Bonchev–Trinajstić information content (AvgIpc) is 2.39. The van der Waals surface area contributed by atoms with Crippen molar-refractivity contribution in [1.82, 2.24) is 10.6 Å². The minimum atomic E-state index is -0.341. The van der Waals surface area contributed by atoms with Gasteiger partial charge in [0.15, 0.2) is 0 Å². The lowest BCUT2D eigenvalue weighted by Crippen LogP contribution is -2.53. The van der Waals surface area contributed by atoms with Gasteiger partial charge in [0.2, 0.25) is 0 Å². The van der Waals surface area contributed by atoms with Crippen LogP contribution >= 0.6 is 0 Å². The normalized spacial score (nSPS) is 26.7. The van der Waals surface area contributed by atoms with E-state index in [9.17, 15) is 9.59 Å². The van der Waals surface area contributed by atoms with Gasteiger partial charge >= 0.3 is 12.0 Å². The number of hydrogen-bond donors (Lipinski definition) is 2. The highest BCUT2D eigenvalue weighted by molar-refractivity contribution is 5.94. The average molecular weight is 264 g/mol. The minimum absolute atomic E-state index is 0.245. The largest absolute Gasteiger partial charge is 0.463 e. The van der Waals surface area contributed by atoms with E-state index in [-0.39, 0.29) is 24.0 Å². The summed E-state index contributed by atoms with van der Waals surface area (Å²) in [6, 6.07) is -0.497. The fraction of sp³-hybridized carbons (Fsp3) is 0.571. The molecule has 0 aromatic heterocycles. The molecule has 2 atom stereocenters. The van der Waals surface area contributed by atoms with Crippen molar-refractivity contribution in [2.45, 2.75) is 39.2 Å². The van der Waals surface area contributed by atoms with Crippen LogP contribution in [-0.4, -0.2) is 24.6 Å². The Morgan fingerprint density at radius 3 is 2.89 bits per heavy atom. The molecule has 0 radical (unpaired) electrons. The Balaban J connectivity index is 2.26. The number of ether oxygens (including phenoxy) is 1. The van der Waals surface area contributed by atoms with Gasteiger partial charge < -0.3 is 15.4 Å². The molecule has 2 N–H and O–H groups in total. The molecule has 0 aromatic rings. The summed E-state index contributed by atoms with van der Waals surface area (Å²) in [7, 11) is 0. The number of carbonyl (C=O) groups is 2. The molecule has 5 heteroatoms. The van der Waals surface area contributed by atoms with Gasteiger partial charge in [0.1, 0.15) is 0 Å². The molecule has 0 spiro atoms. The minimum Gasteiger partial charge on any atom is -0.463 e. The predicted molar refractivity (Wildman–Crippen MR) is 71.3 cm³/mol. The zero-order chi connectivity index (χ0) is 13.8. The molecule has 2 rings (SSSR count). The molecule has 2 aliphatic rings. The van der Waals surface area contributed by atoms with E-state index in [1.54, 1.807) is 13.8 Å². The second-order valence-corrected chi connectivity index (χ2v) is 4.88. The van der Waals surface area contributed by atoms with Gasteiger partial charge in [-0.25, -0.2) is 9.59 Å². The maximum Gasteiger partial charge on any atom is 0.337 e. The molecular formula is C14H20N2O3. The van der Waals surface area contributed by atoms with Crippen LogP contribution in [0, 0.1) is 5.92 Å². The monoisotopic (exact) mass is 264 g/mol. The standard InChI is InChI=1S/C14H20N2O3/c1-3-19-13(17)11-9(2)15-14(18)16-12(11)10-7-5-4-6-8-10/h4-5,10,12H,3,6-8H2,1-2H3,(H2,15,16,18)/t10-,12-/m1/s1. The van der Waals surface area contributed by atoms with Crippen molar-refractivity contribution in [2.24, 2.45) is 5.92 Å². The summed E-state index contributed by atoms with van der Waals surface area (Å²) >= 11 is 0. The Morgan fingerprint density at radius 1 is 1.47 bits per heavy atom. The highest BCUT2D eigenvalue weighted by atomic mass is 16.5. The van der Waals surface area contributed by atoms with Gasteiger partial charge in [-0.05, 0) is 39.0 Å². The second kappa shape index (κ2) is 5.91.